The third-order valence-electron chi connectivity index (χ3n) is 4.55. The van der Waals surface area contributed by atoms with Gasteiger partial charge in [-0.2, -0.15) is 0 Å². The van der Waals surface area contributed by atoms with E-state index in [2.05, 4.69) is 29.0 Å². The van der Waals surface area contributed by atoms with Gasteiger partial charge >= 0.3 is 0 Å². The van der Waals surface area contributed by atoms with Crippen molar-refractivity contribution in [3.8, 4) is 33.9 Å². The Balaban J connectivity index is 1.60. The highest BCUT2D eigenvalue weighted by Crippen LogP contribution is 2.36. The van der Waals surface area contributed by atoms with Gasteiger partial charge in [-0.1, -0.05) is 60.2 Å². The fraction of sp³-hybridized carbons (Fsp3) is 0.0833. The Kier molecular flexibility index (Phi) is 5.02. The predicted molar refractivity (Wildman–Crippen MR) is 110 cm³/mol. The molecule has 0 atom stereocenters. The van der Waals surface area contributed by atoms with Crippen LogP contribution in [0.15, 0.2) is 85.3 Å². The van der Waals surface area contributed by atoms with E-state index in [1.165, 1.54) is 11.9 Å². The molecule has 0 fully saturated rings. The minimum Gasteiger partial charge on any atom is -0.507 e. The third kappa shape index (κ3) is 3.86. The van der Waals surface area contributed by atoms with Gasteiger partial charge in [0.05, 0.1) is 5.69 Å². The van der Waals surface area contributed by atoms with Crippen LogP contribution in [-0.2, 0) is 6.61 Å². The molecule has 0 saturated carbocycles. The van der Waals surface area contributed by atoms with Crippen molar-refractivity contribution in [3.05, 3.63) is 96.4 Å². The van der Waals surface area contributed by atoms with E-state index in [4.69, 9.17) is 4.74 Å². The molecule has 4 rings (SSSR count). The van der Waals surface area contributed by atoms with Crippen molar-refractivity contribution in [1.29, 1.82) is 0 Å². The fourth-order valence-corrected chi connectivity index (χ4v) is 3.03. The summed E-state index contributed by atoms with van der Waals surface area (Å²) in [6.45, 7) is 2.50. The minimum absolute atomic E-state index is 0.122. The highest BCUT2D eigenvalue weighted by molar-refractivity contribution is 5.82. The van der Waals surface area contributed by atoms with Crippen LogP contribution < -0.4 is 4.74 Å². The van der Waals surface area contributed by atoms with Crippen molar-refractivity contribution in [2.45, 2.75) is 13.5 Å². The van der Waals surface area contributed by atoms with E-state index < -0.39 is 0 Å². The van der Waals surface area contributed by atoms with E-state index in [0.717, 1.165) is 16.7 Å². The Morgan fingerprint density at radius 2 is 1.68 bits per heavy atom. The molecule has 138 valence electrons. The van der Waals surface area contributed by atoms with Crippen LogP contribution in [0.2, 0.25) is 0 Å². The molecule has 0 saturated heterocycles. The van der Waals surface area contributed by atoms with Gasteiger partial charge < -0.3 is 9.84 Å². The van der Waals surface area contributed by atoms with Gasteiger partial charge in [0.2, 0.25) is 0 Å². The lowest BCUT2D eigenvalue weighted by Gasteiger charge is -2.12. The summed E-state index contributed by atoms with van der Waals surface area (Å²) in [5.74, 6) is 0.731. The van der Waals surface area contributed by atoms with Gasteiger partial charge in [0, 0.05) is 23.4 Å². The Morgan fingerprint density at radius 3 is 2.43 bits per heavy atom. The molecule has 0 unspecified atom stereocenters. The summed E-state index contributed by atoms with van der Waals surface area (Å²) in [5.41, 5.74) is 5.48. The zero-order chi connectivity index (χ0) is 19.3. The smallest absolute Gasteiger partial charge is 0.128 e. The van der Waals surface area contributed by atoms with Crippen molar-refractivity contribution in [1.82, 2.24) is 9.97 Å². The molecule has 3 aromatic carbocycles. The molecule has 0 aliphatic carbocycles. The first-order chi connectivity index (χ1) is 13.7. The lowest BCUT2D eigenvalue weighted by molar-refractivity contribution is 0.304. The lowest BCUT2D eigenvalue weighted by atomic mass is 10.0. The van der Waals surface area contributed by atoms with Crippen molar-refractivity contribution in [3.63, 3.8) is 0 Å². The number of aromatic nitrogens is 2. The Morgan fingerprint density at radius 1 is 0.893 bits per heavy atom. The van der Waals surface area contributed by atoms with Gasteiger partial charge in [0.15, 0.2) is 0 Å². The second-order valence-electron chi connectivity index (χ2n) is 6.60. The number of benzene rings is 3. The first kappa shape index (κ1) is 17.7. The van der Waals surface area contributed by atoms with Gasteiger partial charge in [-0.25, -0.2) is 9.97 Å². The number of rotatable bonds is 5. The molecule has 1 N–H and O–H groups in total. The van der Waals surface area contributed by atoms with Crippen LogP contribution in [0.5, 0.6) is 11.5 Å². The summed E-state index contributed by atoms with van der Waals surface area (Å²) in [6.07, 6.45) is 3.25. The molecule has 1 aromatic heterocycles. The number of hydrogen-bond donors (Lipinski definition) is 1. The zero-order valence-corrected chi connectivity index (χ0v) is 15.5. The van der Waals surface area contributed by atoms with Gasteiger partial charge in [-0.05, 0) is 30.2 Å². The predicted octanol–water partition coefficient (Wildman–Crippen LogP) is 5.40. The van der Waals surface area contributed by atoms with Crippen LogP contribution >= 0.6 is 0 Å². The van der Waals surface area contributed by atoms with Gasteiger partial charge in [0.25, 0.3) is 0 Å². The van der Waals surface area contributed by atoms with Gasteiger partial charge in [-0.15, -0.1) is 0 Å². The normalized spacial score (nSPS) is 10.6. The molecule has 0 radical (unpaired) electrons. The SMILES string of the molecule is Cc1ccc(COc2ccc(-c3ncncc3-c3ccccc3)c(O)c2)cc1. The van der Waals surface area contributed by atoms with Gasteiger partial charge in [0.1, 0.15) is 24.4 Å². The van der Waals surface area contributed by atoms with Crippen LogP contribution in [0.1, 0.15) is 11.1 Å². The average molecular weight is 368 g/mol. The number of aryl methyl sites for hydroxylation is 1. The number of nitrogens with zero attached hydrogens (tertiary/aromatic N) is 2. The monoisotopic (exact) mass is 368 g/mol. The first-order valence-electron chi connectivity index (χ1n) is 9.08. The van der Waals surface area contributed by atoms with E-state index in [1.54, 1.807) is 12.3 Å². The summed E-state index contributed by atoms with van der Waals surface area (Å²) in [7, 11) is 0. The highest BCUT2D eigenvalue weighted by atomic mass is 16.5. The largest absolute Gasteiger partial charge is 0.507 e. The number of ether oxygens (including phenoxy) is 1. The van der Waals surface area contributed by atoms with E-state index in [-0.39, 0.29) is 5.75 Å². The van der Waals surface area contributed by atoms with Crippen LogP contribution in [0.25, 0.3) is 22.4 Å². The van der Waals surface area contributed by atoms with Gasteiger partial charge in [-0.3, -0.25) is 0 Å². The van der Waals surface area contributed by atoms with E-state index in [1.807, 2.05) is 54.6 Å². The summed E-state index contributed by atoms with van der Waals surface area (Å²) in [5, 5.41) is 10.6. The Labute approximate surface area is 164 Å². The molecule has 4 nitrogen and oxygen atoms in total. The Hall–Kier alpha value is -3.66. The topological polar surface area (TPSA) is 55.2 Å². The number of hydrogen-bond acceptors (Lipinski definition) is 4. The molecule has 1 heterocycles. The molecule has 0 bridgehead atoms. The molecule has 28 heavy (non-hydrogen) atoms. The second-order valence-corrected chi connectivity index (χ2v) is 6.60. The zero-order valence-electron chi connectivity index (χ0n) is 15.5. The van der Waals surface area contributed by atoms with Crippen LogP contribution in [-0.4, -0.2) is 15.1 Å². The average Bonchev–Trinajstić information content (AvgIpc) is 2.74. The molecule has 0 spiro atoms. The van der Waals surface area contributed by atoms with E-state index in [0.29, 0.717) is 23.6 Å². The minimum atomic E-state index is 0.122. The van der Waals surface area contributed by atoms with Crippen LogP contribution in [0, 0.1) is 6.92 Å². The van der Waals surface area contributed by atoms with E-state index in [9.17, 15) is 5.11 Å². The maximum absolute atomic E-state index is 10.6. The summed E-state index contributed by atoms with van der Waals surface area (Å²) >= 11 is 0. The highest BCUT2D eigenvalue weighted by Gasteiger charge is 2.13. The molecule has 4 aromatic rings. The lowest BCUT2D eigenvalue weighted by Crippen LogP contribution is -1.96. The molecule has 0 amide bonds. The fourth-order valence-electron chi connectivity index (χ4n) is 3.03. The molecular weight excluding hydrogens is 348 g/mol. The van der Waals surface area contributed by atoms with Crippen LogP contribution in [0.4, 0.5) is 0 Å². The number of phenolic OH excluding ortho intramolecular Hbond substituents is 1. The molecule has 0 aliphatic rings. The maximum atomic E-state index is 10.6. The van der Waals surface area contributed by atoms with E-state index >= 15 is 0 Å². The first-order valence-corrected chi connectivity index (χ1v) is 9.08. The van der Waals surface area contributed by atoms with Crippen molar-refractivity contribution in [2.24, 2.45) is 0 Å². The second kappa shape index (κ2) is 7.92. The quantitative estimate of drug-likeness (QED) is 0.512. The summed E-state index contributed by atoms with van der Waals surface area (Å²) in [6, 6.07) is 23.4. The van der Waals surface area contributed by atoms with Crippen molar-refractivity contribution in [2.75, 3.05) is 0 Å². The van der Waals surface area contributed by atoms with Crippen LogP contribution in [0.3, 0.4) is 0 Å². The third-order valence-corrected chi connectivity index (χ3v) is 4.55. The summed E-state index contributed by atoms with van der Waals surface area (Å²) in [4.78, 5) is 8.55. The molecular formula is C24H20N2O2. The van der Waals surface area contributed by atoms with Crippen molar-refractivity contribution >= 4 is 0 Å². The van der Waals surface area contributed by atoms with Crippen molar-refractivity contribution < 1.29 is 9.84 Å². The number of aromatic hydroxyl groups is 1. The number of phenols is 1. The Bertz CT molecular complexity index is 1080. The summed E-state index contributed by atoms with van der Waals surface area (Å²) < 4.78 is 5.83. The molecule has 4 heteroatoms. The standard InChI is InChI=1S/C24H20N2O2/c1-17-7-9-18(10-8-17)15-28-20-11-12-21(23(27)13-20)24-22(14-25-16-26-24)19-5-3-2-4-6-19/h2-14,16,27H,15H2,1H3. The maximum Gasteiger partial charge on any atom is 0.128 e. The molecule has 0 aliphatic heterocycles.